The topological polar surface area (TPSA) is 38.5 Å². The molecule has 1 aliphatic carbocycles. The lowest BCUT2D eigenvalue weighted by atomic mass is 9.99. The van der Waals surface area contributed by atoms with Gasteiger partial charge in [-0.2, -0.15) is 0 Å². The van der Waals surface area contributed by atoms with Crippen molar-refractivity contribution in [2.75, 3.05) is 26.3 Å². The molecule has 0 radical (unpaired) electrons. The fraction of sp³-hybridized carbons (Fsp3) is 1.00. The summed E-state index contributed by atoms with van der Waals surface area (Å²) in [5.74, 6) is 1.39. The van der Waals surface area contributed by atoms with E-state index in [1.807, 2.05) is 0 Å². The minimum absolute atomic E-state index is 0.310. The lowest BCUT2D eigenvalue weighted by molar-refractivity contribution is 0.166. The first-order valence-corrected chi connectivity index (χ1v) is 7.24. The van der Waals surface area contributed by atoms with E-state index in [9.17, 15) is 0 Å². The summed E-state index contributed by atoms with van der Waals surface area (Å²) < 4.78 is 5.44. The van der Waals surface area contributed by atoms with Gasteiger partial charge in [0.25, 0.3) is 0 Å². The van der Waals surface area contributed by atoms with Gasteiger partial charge in [0.2, 0.25) is 0 Å². The van der Waals surface area contributed by atoms with Crippen molar-refractivity contribution in [1.29, 1.82) is 0 Å². The van der Waals surface area contributed by atoms with Crippen molar-refractivity contribution in [2.24, 2.45) is 17.6 Å². The normalized spacial score (nSPS) is 27.0. The molecule has 2 unspecified atom stereocenters. The van der Waals surface area contributed by atoms with E-state index >= 15 is 0 Å². The molecule has 2 atom stereocenters. The summed E-state index contributed by atoms with van der Waals surface area (Å²) >= 11 is 0. The molecule has 0 spiro atoms. The highest BCUT2D eigenvalue weighted by atomic mass is 16.5. The fourth-order valence-electron chi connectivity index (χ4n) is 2.60. The quantitative estimate of drug-likeness (QED) is 0.738. The van der Waals surface area contributed by atoms with Crippen LogP contribution in [0.3, 0.4) is 0 Å². The second-order valence-corrected chi connectivity index (χ2v) is 6.20. The zero-order valence-corrected chi connectivity index (χ0v) is 11.4. The Kier molecular flexibility index (Phi) is 4.83. The molecule has 2 fully saturated rings. The Balaban J connectivity index is 1.75. The van der Waals surface area contributed by atoms with Gasteiger partial charge >= 0.3 is 0 Å². The van der Waals surface area contributed by atoms with Gasteiger partial charge in [-0.15, -0.1) is 0 Å². The molecule has 0 aromatic heterocycles. The van der Waals surface area contributed by atoms with E-state index < -0.39 is 0 Å². The van der Waals surface area contributed by atoms with E-state index in [1.165, 1.54) is 25.8 Å². The van der Waals surface area contributed by atoms with Crippen molar-refractivity contribution < 1.29 is 4.74 Å². The Labute approximate surface area is 106 Å². The maximum atomic E-state index is 6.33. The number of nitrogens with two attached hydrogens (primary N) is 1. The zero-order chi connectivity index (χ0) is 12.3. The smallest absolute Gasteiger partial charge is 0.0510 e. The molecular formula is C14H28N2O. The zero-order valence-electron chi connectivity index (χ0n) is 11.4. The molecule has 17 heavy (non-hydrogen) atoms. The minimum atomic E-state index is 0.310. The monoisotopic (exact) mass is 240 g/mol. The second-order valence-electron chi connectivity index (χ2n) is 6.20. The third-order valence-corrected chi connectivity index (χ3v) is 4.07. The molecule has 0 aromatic rings. The molecule has 2 aliphatic rings. The van der Waals surface area contributed by atoms with Crippen LogP contribution in [-0.4, -0.2) is 43.3 Å². The van der Waals surface area contributed by atoms with Gasteiger partial charge in [-0.25, -0.2) is 0 Å². The molecule has 0 bridgehead atoms. The standard InChI is InChI=1S/C14H28N2O/c1-11(2)5-7-16(13-3-4-13)9-14(15)12-6-8-17-10-12/h11-14H,3-10,15H2,1-2H3. The number of rotatable bonds is 7. The van der Waals surface area contributed by atoms with Crippen LogP contribution in [0, 0.1) is 11.8 Å². The molecule has 1 saturated carbocycles. The van der Waals surface area contributed by atoms with Crippen LogP contribution in [0.4, 0.5) is 0 Å². The maximum Gasteiger partial charge on any atom is 0.0510 e. The van der Waals surface area contributed by atoms with Crippen LogP contribution in [-0.2, 0) is 4.74 Å². The van der Waals surface area contributed by atoms with Crippen LogP contribution >= 0.6 is 0 Å². The predicted molar refractivity (Wildman–Crippen MR) is 71.0 cm³/mol. The summed E-state index contributed by atoms with van der Waals surface area (Å²) in [5.41, 5.74) is 6.33. The first kappa shape index (κ1) is 13.3. The Morgan fingerprint density at radius 2 is 2.06 bits per heavy atom. The average molecular weight is 240 g/mol. The Bertz CT molecular complexity index is 222. The van der Waals surface area contributed by atoms with Crippen molar-refractivity contribution in [2.45, 2.75) is 51.6 Å². The second kappa shape index (κ2) is 6.17. The summed E-state index contributed by atoms with van der Waals surface area (Å²) in [6.07, 6.45) is 5.21. The molecule has 100 valence electrons. The first-order chi connectivity index (χ1) is 8.16. The molecule has 1 heterocycles. The van der Waals surface area contributed by atoms with Gasteiger partial charge in [-0.3, -0.25) is 4.90 Å². The van der Waals surface area contributed by atoms with Crippen molar-refractivity contribution in [1.82, 2.24) is 4.90 Å². The van der Waals surface area contributed by atoms with E-state index in [4.69, 9.17) is 10.5 Å². The largest absolute Gasteiger partial charge is 0.381 e. The van der Waals surface area contributed by atoms with Crippen molar-refractivity contribution in [3.05, 3.63) is 0 Å². The van der Waals surface area contributed by atoms with Gasteiger partial charge in [-0.1, -0.05) is 13.8 Å². The highest BCUT2D eigenvalue weighted by molar-refractivity contribution is 4.88. The van der Waals surface area contributed by atoms with Crippen LogP contribution in [0.15, 0.2) is 0 Å². The van der Waals surface area contributed by atoms with Gasteiger partial charge in [-0.05, 0) is 38.1 Å². The van der Waals surface area contributed by atoms with Crippen molar-refractivity contribution in [3.63, 3.8) is 0 Å². The average Bonchev–Trinajstić information content (AvgIpc) is 2.98. The molecule has 3 nitrogen and oxygen atoms in total. The SMILES string of the molecule is CC(C)CCN(CC(N)C1CCOC1)C1CC1. The van der Waals surface area contributed by atoms with Crippen LogP contribution in [0.2, 0.25) is 0 Å². The van der Waals surface area contributed by atoms with Gasteiger partial charge < -0.3 is 10.5 Å². The van der Waals surface area contributed by atoms with Crippen LogP contribution in [0.1, 0.15) is 39.5 Å². The van der Waals surface area contributed by atoms with Crippen LogP contribution < -0.4 is 5.73 Å². The van der Waals surface area contributed by atoms with Crippen LogP contribution in [0.25, 0.3) is 0 Å². The Hall–Kier alpha value is -0.120. The summed E-state index contributed by atoms with van der Waals surface area (Å²) in [5, 5.41) is 0. The first-order valence-electron chi connectivity index (χ1n) is 7.24. The van der Waals surface area contributed by atoms with E-state index in [1.54, 1.807) is 0 Å². The van der Waals surface area contributed by atoms with E-state index in [2.05, 4.69) is 18.7 Å². The highest BCUT2D eigenvalue weighted by Gasteiger charge is 2.32. The minimum Gasteiger partial charge on any atom is -0.381 e. The third-order valence-electron chi connectivity index (χ3n) is 4.07. The maximum absolute atomic E-state index is 6.33. The molecule has 0 amide bonds. The number of hydrogen-bond donors (Lipinski definition) is 1. The predicted octanol–water partition coefficient (Wildman–Crippen LogP) is 1.86. The molecule has 2 rings (SSSR count). The van der Waals surface area contributed by atoms with Gasteiger partial charge in [0, 0.05) is 31.2 Å². The molecule has 3 heteroatoms. The van der Waals surface area contributed by atoms with E-state index in [0.717, 1.165) is 38.1 Å². The molecule has 1 aliphatic heterocycles. The van der Waals surface area contributed by atoms with E-state index in [0.29, 0.717) is 12.0 Å². The van der Waals surface area contributed by atoms with Gasteiger partial charge in [0.15, 0.2) is 0 Å². The van der Waals surface area contributed by atoms with Crippen molar-refractivity contribution >= 4 is 0 Å². The van der Waals surface area contributed by atoms with Crippen molar-refractivity contribution in [3.8, 4) is 0 Å². The fourth-order valence-corrected chi connectivity index (χ4v) is 2.60. The number of nitrogens with zero attached hydrogens (tertiary/aromatic N) is 1. The molecule has 2 N–H and O–H groups in total. The summed E-state index contributed by atoms with van der Waals surface area (Å²) in [6.45, 7) is 8.69. The molecule has 0 aromatic carbocycles. The third kappa shape index (κ3) is 4.23. The van der Waals surface area contributed by atoms with Crippen LogP contribution in [0.5, 0.6) is 0 Å². The Morgan fingerprint density at radius 1 is 1.29 bits per heavy atom. The van der Waals surface area contributed by atoms with Gasteiger partial charge in [0.05, 0.1) is 6.61 Å². The lowest BCUT2D eigenvalue weighted by Gasteiger charge is -2.28. The number of ether oxygens (including phenoxy) is 1. The summed E-state index contributed by atoms with van der Waals surface area (Å²) in [7, 11) is 0. The van der Waals surface area contributed by atoms with Gasteiger partial charge in [0.1, 0.15) is 0 Å². The van der Waals surface area contributed by atoms with E-state index in [-0.39, 0.29) is 0 Å². The molecular weight excluding hydrogens is 212 g/mol. The highest BCUT2D eigenvalue weighted by Crippen LogP contribution is 2.28. The Morgan fingerprint density at radius 3 is 2.59 bits per heavy atom. The summed E-state index contributed by atoms with van der Waals surface area (Å²) in [4.78, 5) is 2.63. The summed E-state index contributed by atoms with van der Waals surface area (Å²) in [6, 6.07) is 1.15. The molecule has 1 saturated heterocycles. The lowest BCUT2D eigenvalue weighted by Crippen LogP contribution is -2.44. The number of hydrogen-bond acceptors (Lipinski definition) is 3.